The fourth-order valence-electron chi connectivity index (χ4n) is 1.80. The van der Waals surface area contributed by atoms with Gasteiger partial charge in [-0.05, 0) is 46.9 Å². The van der Waals surface area contributed by atoms with Gasteiger partial charge >= 0.3 is 0 Å². The summed E-state index contributed by atoms with van der Waals surface area (Å²) in [5, 5.41) is 11.4. The molecule has 3 N–H and O–H groups in total. The van der Waals surface area contributed by atoms with Crippen molar-refractivity contribution in [2.45, 2.75) is 0 Å². The van der Waals surface area contributed by atoms with Crippen LogP contribution in [0.4, 0.5) is 11.4 Å². The number of thiophene rings is 1. The van der Waals surface area contributed by atoms with Crippen LogP contribution in [0.2, 0.25) is 0 Å². The van der Waals surface area contributed by atoms with Gasteiger partial charge in [0.25, 0.3) is 5.91 Å². The number of benzene rings is 1. The first-order valence-corrected chi connectivity index (χ1v) is 7.61. The predicted octanol–water partition coefficient (Wildman–Crippen LogP) is 3.13. The van der Waals surface area contributed by atoms with Crippen molar-refractivity contribution in [1.82, 2.24) is 10.2 Å². The average Bonchev–Trinajstić information content (AvgIpc) is 2.77. The van der Waals surface area contributed by atoms with Crippen LogP contribution in [0.3, 0.4) is 0 Å². The molecular weight excluding hydrogens is 387 g/mol. The van der Waals surface area contributed by atoms with Crippen molar-refractivity contribution in [3.8, 4) is 0 Å². The van der Waals surface area contributed by atoms with E-state index in [1.54, 1.807) is 12.3 Å². The van der Waals surface area contributed by atoms with Crippen molar-refractivity contribution in [2.24, 2.45) is 0 Å². The second kappa shape index (κ2) is 5.33. The third-order valence-corrected chi connectivity index (χ3v) is 4.48. The van der Waals surface area contributed by atoms with Crippen molar-refractivity contribution in [3.63, 3.8) is 0 Å². The van der Waals surface area contributed by atoms with Crippen LogP contribution < -0.4 is 11.1 Å². The molecule has 0 radical (unpaired) electrons. The van der Waals surface area contributed by atoms with Crippen LogP contribution in [0.1, 0.15) is 9.67 Å². The smallest absolute Gasteiger partial charge is 0.267 e. The summed E-state index contributed by atoms with van der Waals surface area (Å²) in [5.41, 5.74) is 7.19. The number of aromatic nitrogens is 2. The van der Waals surface area contributed by atoms with Crippen LogP contribution in [-0.2, 0) is 0 Å². The van der Waals surface area contributed by atoms with E-state index >= 15 is 0 Å². The number of hydrogen-bond acceptors (Lipinski definition) is 5. The lowest BCUT2D eigenvalue weighted by molar-refractivity contribution is 0.103. The Hall–Kier alpha value is -1.74. The molecule has 2 aromatic heterocycles. The Labute approximate surface area is 132 Å². The predicted molar refractivity (Wildman–Crippen MR) is 88.9 cm³/mol. The Morgan fingerprint density at radius 3 is 2.95 bits per heavy atom. The molecule has 0 saturated carbocycles. The van der Waals surface area contributed by atoms with Gasteiger partial charge < -0.3 is 11.1 Å². The number of rotatable bonds is 2. The van der Waals surface area contributed by atoms with E-state index in [4.69, 9.17) is 5.73 Å². The molecule has 7 heteroatoms. The Kier molecular flexibility index (Phi) is 3.53. The van der Waals surface area contributed by atoms with Crippen LogP contribution in [-0.4, -0.2) is 16.1 Å². The molecule has 0 aliphatic rings. The Balaban J connectivity index is 1.95. The summed E-state index contributed by atoms with van der Waals surface area (Å²) in [6.07, 6.45) is 1.56. The highest BCUT2D eigenvalue weighted by Crippen LogP contribution is 2.32. The normalized spacial score (nSPS) is 10.7. The zero-order chi connectivity index (χ0) is 14.1. The highest BCUT2D eigenvalue weighted by molar-refractivity contribution is 14.1. The van der Waals surface area contributed by atoms with E-state index in [1.165, 1.54) is 11.3 Å². The number of nitrogen functional groups attached to an aromatic ring is 1. The maximum atomic E-state index is 12.3. The number of carbonyl (C=O) groups excluding carboxylic acids is 1. The molecule has 0 fully saturated rings. The van der Waals surface area contributed by atoms with Crippen molar-refractivity contribution < 1.29 is 4.79 Å². The van der Waals surface area contributed by atoms with Crippen LogP contribution in [0.15, 0.2) is 36.5 Å². The number of nitrogens with zero attached hydrogens (tertiary/aromatic N) is 2. The lowest BCUT2D eigenvalue weighted by Gasteiger charge is -2.04. The van der Waals surface area contributed by atoms with E-state index < -0.39 is 0 Å². The third kappa shape index (κ3) is 2.46. The number of anilines is 2. The number of halogens is 1. The monoisotopic (exact) mass is 396 g/mol. The summed E-state index contributed by atoms with van der Waals surface area (Å²) < 4.78 is 1.05. The maximum Gasteiger partial charge on any atom is 0.267 e. The van der Waals surface area contributed by atoms with Gasteiger partial charge in [0.2, 0.25) is 0 Å². The minimum Gasteiger partial charge on any atom is -0.397 e. The topological polar surface area (TPSA) is 80.9 Å². The van der Waals surface area contributed by atoms with Gasteiger partial charge in [-0.2, -0.15) is 5.10 Å². The molecule has 0 aliphatic carbocycles. The molecule has 3 aromatic rings. The quantitative estimate of drug-likeness (QED) is 0.653. The molecule has 0 bridgehead atoms. The third-order valence-electron chi connectivity index (χ3n) is 2.71. The molecule has 2 heterocycles. The van der Waals surface area contributed by atoms with Gasteiger partial charge in [0, 0.05) is 14.6 Å². The van der Waals surface area contributed by atoms with Crippen LogP contribution >= 0.6 is 33.9 Å². The molecular formula is C13H9IN4OS. The molecule has 0 spiro atoms. The van der Waals surface area contributed by atoms with E-state index in [-0.39, 0.29) is 5.91 Å². The largest absolute Gasteiger partial charge is 0.397 e. The van der Waals surface area contributed by atoms with E-state index in [9.17, 15) is 4.79 Å². The van der Waals surface area contributed by atoms with Gasteiger partial charge in [-0.3, -0.25) is 4.79 Å². The van der Waals surface area contributed by atoms with Crippen LogP contribution in [0, 0.1) is 3.57 Å². The molecule has 0 saturated heterocycles. The summed E-state index contributed by atoms with van der Waals surface area (Å²) in [7, 11) is 0. The summed E-state index contributed by atoms with van der Waals surface area (Å²) in [4.78, 5) is 13.4. The van der Waals surface area contributed by atoms with Gasteiger partial charge in [-0.15, -0.1) is 16.4 Å². The van der Waals surface area contributed by atoms with Gasteiger partial charge in [0.1, 0.15) is 9.71 Å². The SMILES string of the molecule is Nc1c(C(=O)Nc2cccc(I)c2)sc2nnccc12. The first kappa shape index (κ1) is 13.3. The van der Waals surface area contributed by atoms with Gasteiger partial charge in [0.15, 0.2) is 0 Å². The molecule has 20 heavy (non-hydrogen) atoms. The van der Waals surface area contributed by atoms with Crippen molar-refractivity contribution >= 4 is 61.4 Å². The minimum atomic E-state index is -0.229. The Morgan fingerprint density at radius 2 is 2.20 bits per heavy atom. The van der Waals surface area contributed by atoms with E-state index in [0.717, 1.165) is 14.6 Å². The molecule has 0 unspecified atom stereocenters. The van der Waals surface area contributed by atoms with Crippen molar-refractivity contribution in [2.75, 3.05) is 11.1 Å². The first-order valence-electron chi connectivity index (χ1n) is 5.72. The Bertz CT molecular complexity index is 802. The zero-order valence-electron chi connectivity index (χ0n) is 10.1. The molecule has 0 atom stereocenters. The molecule has 1 amide bonds. The summed E-state index contributed by atoms with van der Waals surface area (Å²) in [6, 6.07) is 9.33. The van der Waals surface area contributed by atoms with E-state index in [1.807, 2.05) is 24.3 Å². The fourth-order valence-corrected chi connectivity index (χ4v) is 3.27. The molecule has 0 aliphatic heterocycles. The van der Waals surface area contributed by atoms with Crippen LogP contribution in [0.25, 0.3) is 10.2 Å². The minimum absolute atomic E-state index is 0.229. The number of fused-ring (bicyclic) bond motifs is 1. The molecule has 100 valence electrons. The Morgan fingerprint density at radius 1 is 1.35 bits per heavy atom. The maximum absolute atomic E-state index is 12.3. The molecule has 5 nitrogen and oxygen atoms in total. The second-order valence-corrected chi connectivity index (χ2v) is 6.30. The number of amides is 1. The number of carbonyl (C=O) groups is 1. The fraction of sp³-hybridized carbons (Fsp3) is 0. The van der Waals surface area contributed by atoms with E-state index in [2.05, 4.69) is 38.1 Å². The number of hydrogen-bond donors (Lipinski definition) is 2. The number of nitrogens with two attached hydrogens (primary N) is 1. The van der Waals surface area contributed by atoms with Gasteiger partial charge in [-0.1, -0.05) is 6.07 Å². The lowest BCUT2D eigenvalue weighted by atomic mass is 10.2. The zero-order valence-corrected chi connectivity index (χ0v) is 13.1. The van der Waals surface area contributed by atoms with Gasteiger partial charge in [-0.25, -0.2) is 0 Å². The molecule has 3 rings (SSSR count). The second-order valence-electron chi connectivity index (χ2n) is 4.06. The highest BCUT2D eigenvalue weighted by Gasteiger charge is 2.17. The summed E-state index contributed by atoms with van der Waals surface area (Å²) >= 11 is 3.44. The average molecular weight is 396 g/mol. The highest BCUT2D eigenvalue weighted by atomic mass is 127. The van der Waals surface area contributed by atoms with E-state index in [0.29, 0.717) is 15.4 Å². The van der Waals surface area contributed by atoms with Gasteiger partial charge in [0.05, 0.1) is 11.9 Å². The van der Waals surface area contributed by atoms with Crippen molar-refractivity contribution in [3.05, 3.63) is 45.0 Å². The van der Waals surface area contributed by atoms with Crippen LogP contribution in [0.5, 0.6) is 0 Å². The first-order chi connectivity index (χ1) is 9.65. The number of nitrogens with one attached hydrogen (secondary N) is 1. The molecule has 1 aromatic carbocycles. The lowest BCUT2D eigenvalue weighted by Crippen LogP contribution is -2.11. The summed E-state index contributed by atoms with van der Waals surface area (Å²) in [6.45, 7) is 0. The standard InChI is InChI=1S/C13H9IN4OS/c14-7-2-1-3-8(6-7)17-12(19)11-10(15)9-4-5-16-18-13(9)20-11/h1-6H,15H2,(H,17,19). The van der Waals surface area contributed by atoms with Crippen molar-refractivity contribution in [1.29, 1.82) is 0 Å². The summed E-state index contributed by atoms with van der Waals surface area (Å²) in [5.74, 6) is -0.229.